The molecule has 0 aliphatic rings. The van der Waals surface area contributed by atoms with Gasteiger partial charge in [-0.1, -0.05) is 17.6 Å². The molecule has 0 aliphatic carbocycles. The number of aromatic nitrogens is 1. The topological polar surface area (TPSA) is 22.1 Å². The number of hydrogen-bond donors (Lipinski definition) is 0. The van der Waals surface area contributed by atoms with E-state index in [2.05, 4.69) is 4.98 Å². The molecule has 20 heavy (non-hydrogen) atoms. The summed E-state index contributed by atoms with van der Waals surface area (Å²) in [5.41, 5.74) is -0.292. The maximum atomic E-state index is 12.9. The minimum Gasteiger partial charge on any atom is -0.487 e. The van der Waals surface area contributed by atoms with Crippen molar-refractivity contribution in [2.75, 3.05) is 0 Å². The van der Waals surface area contributed by atoms with Crippen LogP contribution in [0.2, 0.25) is 0 Å². The number of hydrogen-bond acceptors (Lipinski definition) is 2. The quantitative estimate of drug-likeness (QED) is 0.579. The minimum atomic E-state index is -5.10. The summed E-state index contributed by atoms with van der Waals surface area (Å²) in [6.07, 6.45) is 1.93. The summed E-state index contributed by atoms with van der Waals surface area (Å²) in [7, 11) is 0. The third-order valence-corrected chi connectivity index (χ3v) is 2.41. The van der Waals surface area contributed by atoms with Gasteiger partial charge in [0.05, 0.1) is 6.20 Å². The Hall–Kier alpha value is -0.409. The Labute approximate surface area is 156 Å². The van der Waals surface area contributed by atoms with Crippen molar-refractivity contribution < 1.29 is 73.5 Å². The SMILES string of the molecule is Fc1cccc(COc2cncc([B-](F)(F)F)c2)c1.[K+]. The van der Waals surface area contributed by atoms with Gasteiger partial charge >= 0.3 is 58.4 Å². The Morgan fingerprint density at radius 2 is 1.85 bits per heavy atom. The molecule has 2 nitrogen and oxygen atoms in total. The Morgan fingerprint density at radius 1 is 1.10 bits per heavy atom. The largest absolute Gasteiger partial charge is 1.00 e. The molecular weight excluding hydrogens is 300 g/mol. The molecule has 0 amide bonds. The van der Waals surface area contributed by atoms with Gasteiger partial charge in [-0.15, -0.1) is 0 Å². The van der Waals surface area contributed by atoms with Crippen LogP contribution in [0, 0.1) is 5.82 Å². The molecule has 2 rings (SSSR count). The van der Waals surface area contributed by atoms with E-state index in [4.69, 9.17) is 4.74 Å². The molecule has 0 saturated heterocycles. The van der Waals surface area contributed by atoms with Crippen LogP contribution >= 0.6 is 0 Å². The molecular formula is C12H9BF4KNO. The number of nitrogens with zero attached hydrogens (tertiary/aromatic N) is 1. The second-order valence-corrected chi connectivity index (χ2v) is 3.95. The predicted molar refractivity (Wildman–Crippen MR) is 63.7 cm³/mol. The van der Waals surface area contributed by atoms with Gasteiger partial charge in [0, 0.05) is 6.20 Å². The van der Waals surface area contributed by atoms with Crippen LogP contribution in [-0.4, -0.2) is 12.0 Å². The molecule has 0 radical (unpaired) electrons. The van der Waals surface area contributed by atoms with Gasteiger partial charge in [0.25, 0.3) is 0 Å². The van der Waals surface area contributed by atoms with Gasteiger partial charge in [0.2, 0.25) is 0 Å². The summed E-state index contributed by atoms with van der Waals surface area (Å²) >= 11 is 0. The molecule has 0 aliphatic heterocycles. The van der Waals surface area contributed by atoms with E-state index >= 15 is 0 Å². The van der Waals surface area contributed by atoms with Gasteiger partial charge in [0.1, 0.15) is 18.2 Å². The smallest absolute Gasteiger partial charge is 0.487 e. The summed E-state index contributed by atoms with van der Waals surface area (Å²) in [5.74, 6) is -0.424. The third kappa shape index (κ3) is 5.17. The van der Waals surface area contributed by atoms with Crippen molar-refractivity contribution in [2.45, 2.75) is 6.61 Å². The molecule has 0 fully saturated rings. The van der Waals surface area contributed by atoms with Crippen LogP contribution in [0.25, 0.3) is 0 Å². The summed E-state index contributed by atoms with van der Waals surface area (Å²) in [4.78, 5) is 3.48. The molecule has 0 N–H and O–H groups in total. The normalized spacial score (nSPS) is 10.8. The van der Waals surface area contributed by atoms with Crippen LogP contribution < -0.4 is 61.6 Å². The molecule has 100 valence electrons. The Balaban J connectivity index is 0.00000200. The first-order valence-corrected chi connectivity index (χ1v) is 5.47. The van der Waals surface area contributed by atoms with Crippen molar-refractivity contribution in [1.29, 1.82) is 0 Å². The molecule has 2 aromatic rings. The average Bonchev–Trinajstić information content (AvgIpc) is 2.36. The summed E-state index contributed by atoms with van der Waals surface area (Å²) in [6, 6.07) is 6.53. The number of halogens is 4. The Morgan fingerprint density at radius 3 is 2.50 bits per heavy atom. The van der Waals surface area contributed by atoms with E-state index in [1.54, 1.807) is 6.07 Å². The molecule has 0 atom stereocenters. The van der Waals surface area contributed by atoms with Crippen molar-refractivity contribution in [3.05, 3.63) is 54.1 Å². The van der Waals surface area contributed by atoms with Crippen molar-refractivity contribution in [3.8, 4) is 5.75 Å². The molecule has 0 spiro atoms. The minimum absolute atomic E-state index is 0. The van der Waals surface area contributed by atoms with Crippen molar-refractivity contribution in [2.24, 2.45) is 0 Å². The monoisotopic (exact) mass is 309 g/mol. The Bertz CT molecular complexity index is 579. The fraction of sp³-hybridized carbons (Fsp3) is 0.0833. The molecule has 0 unspecified atom stereocenters. The fourth-order valence-corrected chi connectivity index (χ4v) is 1.49. The zero-order valence-corrected chi connectivity index (χ0v) is 13.8. The van der Waals surface area contributed by atoms with Gasteiger partial charge in [-0.25, -0.2) is 4.39 Å². The van der Waals surface area contributed by atoms with E-state index in [9.17, 15) is 17.3 Å². The second-order valence-electron chi connectivity index (χ2n) is 3.95. The van der Waals surface area contributed by atoms with E-state index in [1.165, 1.54) is 24.4 Å². The van der Waals surface area contributed by atoms with E-state index < -0.39 is 18.3 Å². The van der Waals surface area contributed by atoms with Crippen molar-refractivity contribution >= 4 is 12.4 Å². The number of benzene rings is 1. The van der Waals surface area contributed by atoms with Crippen LogP contribution in [0.4, 0.5) is 17.3 Å². The van der Waals surface area contributed by atoms with Crippen LogP contribution in [0.1, 0.15) is 5.56 Å². The first kappa shape index (κ1) is 17.6. The van der Waals surface area contributed by atoms with E-state index in [0.717, 1.165) is 12.3 Å². The summed E-state index contributed by atoms with van der Waals surface area (Å²) < 4.78 is 55.6. The van der Waals surface area contributed by atoms with Crippen LogP contribution in [0.15, 0.2) is 42.7 Å². The van der Waals surface area contributed by atoms with Gasteiger partial charge in [-0.2, -0.15) is 0 Å². The predicted octanol–water partition coefficient (Wildman–Crippen LogP) is -0.142. The second kappa shape index (κ2) is 7.56. The molecule has 1 aromatic heterocycles. The van der Waals surface area contributed by atoms with Gasteiger partial charge in [-0.3, -0.25) is 4.98 Å². The molecule has 1 aromatic carbocycles. The summed E-state index contributed by atoms with van der Waals surface area (Å²) in [6.45, 7) is -5.12. The Kier molecular flexibility index (Phi) is 6.67. The van der Waals surface area contributed by atoms with Gasteiger partial charge in [-0.05, 0) is 23.8 Å². The molecule has 1 heterocycles. The van der Waals surface area contributed by atoms with E-state index in [1.807, 2.05) is 0 Å². The summed E-state index contributed by atoms with van der Waals surface area (Å²) in [5, 5.41) is 0. The van der Waals surface area contributed by atoms with E-state index in [0.29, 0.717) is 5.56 Å². The van der Waals surface area contributed by atoms with Crippen LogP contribution in [-0.2, 0) is 6.61 Å². The van der Waals surface area contributed by atoms with Crippen LogP contribution in [0.3, 0.4) is 0 Å². The average molecular weight is 309 g/mol. The maximum absolute atomic E-state index is 12.9. The van der Waals surface area contributed by atoms with Gasteiger partial charge in [0.15, 0.2) is 0 Å². The number of ether oxygens (including phenoxy) is 1. The zero-order valence-electron chi connectivity index (χ0n) is 10.7. The first-order valence-electron chi connectivity index (χ1n) is 5.47. The standard InChI is InChI=1S/C12H9BF4NO.K/c14-11-3-1-2-9(4-11)8-19-12-5-10(6-18-7-12)13(15,16)17;/h1-7H,8H2;/q-1;+1. The molecule has 0 saturated carbocycles. The zero-order chi connectivity index (χ0) is 13.9. The molecule has 8 heteroatoms. The van der Waals surface area contributed by atoms with Crippen LogP contribution in [0.5, 0.6) is 5.75 Å². The van der Waals surface area contributed by atoms with E-state index in [-0.39, 0.29) is 63.7 Å². The van der Waals surface area contributed by atoms with Crippen molar-refractivity contribution in [1.82, 2.24) is 4.98 Å². The third-order valence-electron chi connectivity index (χ3n) is 2.41. The maximum Gasteiger partial charge on any atom is 1.00 e. The number of rotatable bonds is 4. The molecule has 0 bridgehead atoms. The fourth-order valence-electron chi connectivity index (χ4n) is 1.49. The van der Waals surface area contributed by atoms with Crippen molar-refractivity contribution in [3.63, 3.8) is 0 Å². The first-order chi connectivity index (χ1) is 8.95. The van der Waals surface area contributed by atoms with Gasteiger partial charge < -0.3 is 17.7 Å². The number of pyridine rings is 1.